The maximum absolute atomic E-state index is 10.9. The largest absolute Gasteiger partial charge is 0.399 e. The van der Waals surface area contributed by atoms with E-state index in [1.807, 2.05) is 24.3 Å². The number of nitrogens with two attached hydrogens (primary N) is 2. The van der Waals surface area contributed by atoms with Crippen LogP contribution in [-0.4, -0.2) is 11.8 Å². The van der Waals surface area contributed by atoms with Gasteiger partial charge in [-0.15, -0.1) is 0 Å². The predicted molar refractivity (Wildman–Crippen MR) is 53.2 cm³/mol. The van der Waals surface area contributed by atoms with E-state index in [0.717, 1.165) is 11.3 Å². The first-order valence-electron chi connectivity index (χ1n) is 4.20. The number of hydrogen-bond acceptors (Lipinski definition) is 3. The zero-order valence-corrected chi connectivity index (χ0v) is 7.66. The van der Waals surface area contributed by atoms with Crippen molar-refractivity contribution in [1.82, 2.24) is 0 Å². The van der Waals surface area contributed by atoms with E-state index in [9.17, 15) is 4.79 Å². The van der Waals surface area contributed by atoms with Gasteiger partial charge in [-0.3, -0.25) is 4.79 Å². The summed E-state index contributed by atoms with van der Waals surface area (Å²) < 4.78 is 0. The van der Waals surface area contributed by atoms with Crippen molar-refractivity contribution in [2.24, 2.45) is 5.73 Å². The molecule has 1 rings (SSSR count). The van der Waals surface area contributed by atoms with Crippen LogP contribution in [-0.2, 0) is 11.2 Å². The van der Waals surface area contributed by atoms with Gasteiger partial charge in [0.2, 0.25) is 0 Å². The monoisotopic (exact) mass is 178 g/mol. The fourth-order valence-electron chi connectivity index (χ4n) is 1.05. The van der Waals surface area contributed by atoms with Crippen LogP contribution in [0.15, 0.2) is 24.3 Å². The quantitative estimate of drug-likeness (QED) is 0.670. The molecular formula is C10H14N2O. The minimum atomic E-state index is -0.399. The van der Waals surface area contributed by atoms with Crippen LogP contribution in [0, 0.1) is 0 Å². The first-order chi connectivity index (χ1) is 6.09. The third-order valence-corrected chi connectivity index (χ3v) is 1.96. The summed E-state index contributed by atoms with van der Waals surface area (Å²) in [6.45, 7) is 1.50. The van der Waals surface area contributed by atoms with Crippen molar-refractivity contribution < 1.29 is 4.79 Å². The van der Waals surface area contributed by atoms with Gasteiger partial charge >= 0.3 is 0 Å². The molecule has 0 bridgehead atoms. The Balaban J connectivity index is 2.64. The molecule has 0 radical (unpaired) electrons. The SMILES string of the molecule is CC(=O)[C@@H](N)Cc1ccc(N)cc1. The molecule has 0 amide bonds. The molecule has 0 aromatic heterocycles. The molecule has 0 aliphatic carbocycles. The van der Waals surface area contributed by atoms with E-state index >= 15 is 0 Å². The van der Waals surface area contributed by atoms with Gasteiger partial charge in [-0.2, -0.15) is 0 Å². The number of ketones is 1. The molecule has 70 valence electrons. The molecule has 0 heterocycles. The number of Topliss-reactive ketones (excluding diaryl/α,β-unsaturated/α-hetero) is 1. The number of nitrogen functional groups attached to an aromatic ring is 1. The maximum Gasteiger partial charge on any atom is 0.146 e. The van der Waals surface area contributed by atoms with E-state index in [4.69, 9.17) is 11.5 Å². The molecule has 0 saturated carbocycles. The summed E-state index contributed by atoms with van der Waals surface area (Å²) in [5.74, 6) is 0.0109. The van der Waals surface area contributed by atoms with Crippen LogP contribution >= 0.6 is 0 Å². The number of benzene rings is 1. The lowest BCUT2D eigenvalue weighted by Gasteiger charge is -2.07. The first-order valence-corrected chi connectivity index (χ1v) is 4.20. The lowest BCUT2D eigenvalue weighted by Crippen LogP contribution is -2.30. The lowest BCUT2D eigenvalue weighted by molar-refractivity contribution is -0.118. The maximum atomic E-state index is 10.9. The molecule has 3 heteroatoms. The standard InChI is InChI=1S/C10H14N2O/c1-7(13)10(12)6-8-2-4-9(11)5-3-8/h2-5,10H,6,11-12H2,1H3/t10-/m0/s1. The molecule has 1 aromatic carbocycles. The second-order valence-electron chi connectivity index (χ2n) is 3.16. The summed E-state index contributed by atoms with van der Waals surface area (Å²) in [7, 11) is 0. The van der Waals surface area contributed by atoms with E-state index in [1.165, 1.54) is 6.92 Å². The summed E-state index contributed by atoms with van der Waals surface area (Å²) in [6.07, 6.45) is 0.579. The van der Waals surface area contributed by atoms with Crippen molar-refractivity contribution in [2.75, 3.05) is 5.73 Å². The van der Waals surface area contributed by atoms with Crippen molar-refractivity contribution in [3.05, 3.63) is 29.8 Å². The van der Waals surface area contributed by atoms with Crippen molar-refractivity contribution in [2.45, 2.75) is 19.4 Å². The van der Waals surface area contributed by atoms with Crippen LogP contribution in [0.3, 0.4) is 0 Å². The number of hydrogen-bond donors (Lipinski definition) is 2. The fraction of sp³-hybridized carbons (Fsp3) is 0.300. The van der Waals surface area contributed by atoms with Crippen LogP contribution in [0.2, 0.25) is 0 Å². The summed E-state index contributed by atoms with van der Waals surface area (Å²) in [6, 6.07) is 6.99. The Labute approximate surface area is 77.7 Å². The average Bonchev–Trinajstić information content (AvgIpc) is 2.08. The van der Waals surface area contributed by atoms with Gasteiger partial charge in [0.15, 0.2) is 0 Å². The molecule has 13 heavy (non-hydrogen) atoms. The highest BCUT2D eigenvalue weighted by Gasteiger charge is 2.08. The second-order valence-corrected chi connectivity index (χ2v) is 3.16. The summed E-state index contributed by atoms with van der Waals surface area (Å²) in [4.78, 5) is 10.9. The Morgan fingerprint density at radius 2 is 1.92 bits per heavy atom. The molecule has 1 atom stereocenters. The van der Waals surface area contributed by atoms with Crippen LogP contribution in [0.4, 0.5) is 5.69 Å². The Kier molecular flexibility index (Phi) is 3.03. The molecule has 0 aliphatic heterocycles. The van der Waals surface area contributed by atoms with E-state index in [0.29, 0.717) is 6.42 Å². The van der Waals surface area contributed by atoms with Gasteiger partial charge < -0.3 is 11.5 Å². The van der Waals surface area contributed by atoms with Gasteiger partial charge in [0.25, 0.3) is 0 Å². The first kappa shape index (κ1) is 9.74. The molecule has 0 saturated heterocycles. The number of rotatable bonds is 3. The fourth-order valence-corrected chi connectivity index (χ4v) is 1.05. The zero-order valence-electron chi connectivity index (χ0n) is 7.66. The molecule has 3 nitrogen and oxygen atoms in total. The molecule has 0 fully saturated rings. The van der Waals surface area contributed by atoms with Gasteiger partial charge in [0, 0.05) is 5.69 Å². The van der Waals surface area contributed by atoms with E-state index in [-0.39, 0.29) is 5.78 Å². The molecule has 0 aliphatic rings. The minimum Gasteiger partial charge on any atom is -0.399 e. The van der Waals surface area contributed by atoms with E-state index in [2.05, 4.69) is 0 Å². The zero-order chi connectivity index (χ0) is 9.84. The van der Waals surface area contributed by atoms with Gasteiger partial charge in [-0.1, -0.05) is 12.1 Å². The third kappa shape index (κ3) is 2.87. The highest BCUT2D eigenvalue weighted by Crippen LogP contribution is 2.07. The Hall–Kier alpha value is -1.35. The van der Waals surface area contributed by atoms with Gasteiger partial charge in [0.05, 0.1) is 6.04 Å². The highest BCUT2D eigenvalue weighted by atomic mass is 16.1. The predicted octanol–water partition coefficient (Wildman–Crippen LogP) is 0.728. The van der Waals surface area contributed by atoms with Crippen molar-refractivity contribution in [1.29, 1.82) is 0 Å². The van der Waals surface area contributed by atoms with E-state index in [1.54, 1.807) is 0 Å². The van der Waals surface area contributed by atoms with Crippen molar-refractivity contribution in [3.8, 4) is 0 Å². The number of anilines is 1. The van der Waals surface area contributed by atoms with Gasteiger partial charge in [-0.25, -0.2) is 0 Å². The summed E-state index contributed by atoms with van der Waals surface area (Å²) in [5, 5.41) is 0. The van der Waals surface area contributed by atoms with Crippen LogP contribution in [0.5, 0.6) is 0 Å². The topological polar surface area (TPSA) is 69.1 Å². The Morgan fingerprint density at radius 3 is 2.38 bits per heavy atom. The molecular weight excluding hydrogens is 164 g/mol. The van der Waals surface area contributed by atoms with E-state index < -0.39 is 6.04 Å². The Morgan fingerprint density at radius 1 is 1.38 bits per heavy atom. The molecule has 0 unspecified atom stereocenters. The average molecular weight is 178 g/mol. The van der Waals surface area contributed by atoms with Crippen LogP contribution in [0.1, 0.15) is 12.5 Å². The molecule has 4 N–H and O–H groups in total. The van der Waals surface area contributed by atoms with Crippen molar-refractivity contribution in [3.63, 3.8) is 0 Å². The third-order valence-electron chi connectivity index (χ3n) is 1.96. The van der Waals surface area contributed by atoms with Crippen molar-refractivity contribution >= 4 is 11.5 Å². The van der Waals surface area contributed by atoms with Gasteiger partial charge in [-0.05, 0) is 31.0 Å². The highest BCUT2D eigenvalue weighted by molar-refractivity contribution is 5.81. The van der Waals surface area contributed by atoms with Crippen LogP contribution in [0.25, 0.3) is 0 Å². The smallest absolute Gasteiger partial charge is 0.146 e. The number of carbonyl (C=O) groups excluding carboxylic acids is 1. The summed E-state index contributed by atoms with van der Waals surface area (Å²) >= 11 is 0. The molecule has 1 aromatic rings. The van der Waals surface area contributed by atoms with Crippen LogP contribution < -0.4 is 11.5 Å². The second kappa shape index (κ2) is 4.05. The molecule has 0 spiro atoms. The normalized spacial score (nSPS) is 12.5. The lowest BCUT2D eigenvalue weighted by atomic mass is 10.0. The Bertz CT molecular complexity index is 292. The number of carbonyl (C=O) groups is 1. The minimum absolute atomic E-state index is 0.0109. The summed E-state index contributed by atoms with van der Waals surface area (Å²) in [5.41, 5.74) is 12.9. The van der Waals surface area contributed by atoms with Gasteiger partial charge in [0.1, 0.15) is 5.78 Å².